The van der Waals surface area contributed by atoms with Crippen LogP contribution in [-0.4, -0.2) is 0 Å². The highest BCUT2D eigenvalue weighted by atomic mass is 13.9. The third-order valence-corrected chi connectivity index (χ3v) is 2.09. The zero-order valence-electron chi connectivity index (χ0n) is 8.73. The van der Waals surface area contributed by atoms with E-state index >= 15 is 0 Å². The van der Waals surface area contributed by atoms with E-state index in [2.05, 4.69) is 55.0 Å². The molecule has 0 aromatic carbocycles. The zero-order valence-corrected chi connectivity index (χ0v) is 8.73. The third kappa shape index (κ3) is 6.47. The molecule has 0 heterocycles. The lowest BCUT2D eigenvalue weighted by molar-refractivity contribution is 1.03. The van der Waals surface area contributed by atoms with E-state index in [1.807, 2.05) is 0 Å². The average molecular weight is 187 g/mol. The summed E-state index contributed by atoms with van der Waals surface area (Å²) in [5.74, 6) is 0. The highest BCUT2D eigenvalue weighted by molar-refractivity contribution is 5.05. The Morgan fingerprint density at radius 1 is 0.500 bits per heavy atom. The standard InChI is InChI=1S/C14H19/c1-2-4-6-8-10-12-14-13-11-9-7-5-3-1/h1-4,9-13H,5-8,14H2/b3-1+,4-2+,11-9+,12-10+. The first-order chi connectivity index (χ1) is 7.00. The van der Waals surface area contributed by atoms with E-state index in [0.29, 0.717) is 0 Å². The van der Waals surface area contributed by atoms with E-state index in [9.17, 15) is 0 Å². The Kier molecular flexibility index (Phi) is 6.74. The van der Waals surface area contributed by atoms with Crippen LogP contribution in [0.2, 0.25) is 0 Å². The molecule has 0 spiro atoms. The highest BCUT2D eigenvalue weighted by Gasteiger charge is 1.81. The molecule has 0 saturated heterocycles. The Balaban J connectivity index is 2.34. The predicted molar refractivity (Wildman–Crippen MR) is 63.9 cm³/mol. The number of rotatable bonds is 0. The molecule has 0 fully saturated rings. The summed E-state index contributed by atoms with van der Waals surface area (Å²) in [7, 11) is 0. The van der Waals surface area contributed by atoms with Crippen molar-refractivity contribution in [2.24, 2.45) is 0 Å². The first-order valence-corrected chi connectivity index (χ1v) is 5.45. The van der Waals surface area contributed by atoms with E-state index in [4.69, 9.17) is 0 Å². The normalized spacial score (nSPS) is 28.6. The van der Waals surface area contributed by atoms with Gasteiger partial charge in [-0.2, -0.15) is 0 Å². The van der Waals surface area contributed by atoms with E-state index in [0.717, 1.165) is 32.1 Å². The van der Waals surface area contributed by atoms with Gasteiger partial charge in [0.1, 0.15) is 0 Å². The quantitative estimate of drug-likeness (QED) is 0.494. The van der Waals surface area contributed by atoms with Crippen molar-refractivity contribution in [1.82, 2.24) is 0 Å². The maximum Gasteiger partial charge on any atom is -0.0133 e. The number of hydrogen-bond donors (Lipinski definition) is 0. The van der Waals surface area contributed by atoms with E-state index < -0.39 is 0 Å². The molecule has 1 radical (unpaired) electrons. The van der Waals surface area contributed by atoms with Crippen LogP contribution in [0, 0.1) is 6.42 Å². The summed E-state index contributed by atoms with van der Waals surface area (Å²) in [5, 5.41) is 0. The molecule has 0 nitrogen and oxygen atoms in total. The summed E-state index contributed by atoms with van der Waals surface area (Å²) in [4.78, 5) is 0. The van der Waals surface area contributed by atoms with Crippen molar-refractivity contribution in [2.45, 2.75) is 32.1 Å². The Morgan fingerprint density at radius 3 is 1.79 bits per heavy atom. The Morgan fingerprint density at radius 2 is 1.07 bits per heavy atom. The highest BCUT2D eigenvalue weighted by Crippen LogP contribution is 2.00. The van der Waals surface area contributed by atoms with Crippen LogP contribution in [0.5, 0.6) is 0 Å². The van der Waals surface area contributed by atoms with E-state index in [1.54, 1.807) is 0 Å². The molecular weight excluding hydrogens is 168 g/mol. The van der Waals surface area contributed by atoms with Gasteiger partial charge >= 0.3 is 0 Å². The van der Waals surface area contributed by atoms with Gasteiger partial charge in [-0.1, -0.05) is 48.6 Å². The SMILES string of the molecule is [CH]1/C=C/CC/C=C/C=C/CC/C=C/C1. The second kappa shape index (κ2) is 8.55. The molecule has 0 unspecified atom stereocenters. The first kappa shape index (κ1) is 11.0. The average Bonchev–Trinajstić information content (AvgIpc) is 2.22. The van der Waals surface area contributed by atoms with E-state index in [1.165, 1.54) is 0 Å². The summed E-state index contributed by atoms with van der Waals surface area (Å²) in [6.07, 6.45) is 25.5. The van der Waals surface area contributed by atoms with Gasteiger partial charge in [-0.25, -0.2) is 0 Å². The van der Waals surface area contributed by atoms with Crippen molar-refractivity contribution in [3.05, 3.63) is 55.0 Å². The summed E-state index contributed by atoms with van der Waals surface area (Å²) in [5.41, 5.74) is 0. The minimum absolute atomic E-state index is 1.07. The van der Waals surface area contributed by atoms with Crippen molar-refractivity contribution >= 4 is 0 Å². The van der Waals surface area contributed by atoms with Crippen LogP contribution < -0.4 is 0 Å². The van der Waals surface area contributed by atoms with Gasteiger partial charge in [0.2, 0.25) is 0 Å². The number of allylic oxidation sites excluding steroid dienone is 8. The van der Waals surface area contributed by atoms with Crippen LogP contribution in [-0.2, 0) is 0 Å². The van der Waals surface area contributed by atoms with Gasteiger partial charge in [-0.15, -0.1) is 0 Å². The Bertz CT molecular complexity index is 202. The van der Waals surface area contributed by atoms with Gasteiger partial charge in [-0.05, 0) is 38.5 Å². The molecule has 75 valence electrons. The van der Waals surface area contributed by atoms with Gasteiger partial charge in [0, 0.05) is 0 Å². The van der Waals surface area contributed by atoms with Crippen LogP contribution >= 0.6 is 0 Å². The minimum atomic E-state index is 1.07. The topological polar surface area (TPSA) is 0 Å². The van der Waals surface area contributed by atoms with Crippen LogP contribution in [0.25, 0.3) is 0 Å². The van der Waals surface area contributed by atoms with Crippen molar-refractivity contribution in [3.63, 3.8) is 0 Å². The molecular formula is C14H19. The van der Waals surface area contributed by atoms with Crippen LogP contribution in [0.4, 0.5) is 0 Å². The van der Waals surface area contributed by atoms with Crippen molar-refractivity contribution in [2.75, 3.05) is 0 Å². The molecule has 0 N–H and O–H groups in total. The lowest BCUT2D eigenvalue weighted by Gasteiger charge is -1.90. The summed E-state index contributed by atoms with van der Waals surface area (Å²) < 4.78 is 0. The first-order valence-electron chi connectivity index (χ1n) is 5.45. The monoisotopic (exact) mass is 187 g/mol. The van der Waals surface area contributed by atoms with Gasteiger partial charge in [0.15, 0.2) is 0 Å². The molecule has 0 aliphatic heterocycles. The fraction of sp³-hybridized carbons (Fsp3) is 0.357. The largest absolute Gasteiger partial charge is 0.0882 e. The molecule has 0 aromatic rings. The van der Waals surface area contributed by atoms with Gasteiger partial charge in [0.05, 0.1) is 0 Å². The summed E-state index contributed by atoms with van der Waals surface area (Å²) in [6.45, 7) is 0. The Hall–Kier alpha value is -1.04. The van der Waals surface area contributed by atoms with Crippen molar-refractivity contribution < 1.29 is 0 Å². The van der Waals surface area contributed by atoms with Gasteiger partial charge in [0.25, 0.3) is 0 Å². The minimum Gasteiger partial charge on any atom is -0.0882 e. The fourth-order valence-corrected chi connectivity index (χ4v) is 1.30. The molecule has 0 amide bonds. The molecule has 1 aliphatic carbocycles. The lowest BCUT2D eigenvalue weighted by atomic mass is 10.2. The number of hydrogen-bond acceptors (Lipinski definition) is 0. The predicted octanol–water partition coefficient (Wildman–Crippen LogP) is 4.38. The molecule has 1 aliphatic rings. The van der Waals surface area contributed by atoms with Crippen molar-refractivity contribution in [3.8, 4) is 0 Å². The molecule has 0 aromatic heterocycles. The zero-order chi connectivity index (χ0) is 9.90. The molecule has 0 bridgehead atoms. The third-order valence-electron chi connectivity index (χ3n) is 2.09. The van der Waals surface area contributed by atoms with E-state index in [-0.39, 0.29) is 0 Å². The van der Waals surface area contributed by atoms with Crippen LogP contribution in [0.1, 0.15) is 32.1 Å². The second-order valence-electron chi connectivity index (χ2n) is 3.38. The molecule has 14 heavy (non-hydrogen) atoms. The van der Waals surface area contributed by atoms with Gasteiger partial charge < -0.3 is 0 Å². The smallest absolute Gasteiger partial charge is 0.0133 e. The van der Waals surface area contributed by atoms with Gasteiger partial charge in [-0.3, -0.25) is 0 Å². The maximum absolute atomic E-state index is 2.25. The second-order valence-corrected chi connectivity index (χ2v) is 3.38. The van der Waals surface area contributed by atoms with Crippen LogP contribution in [0.15, 0.2) is 48.6 Å². The maximum atomic E-state index is 2.25. The lowest BCUT2D eigenvalue weighted by Crippen LogP contribution is -1.71. The molecule has 0 atom stereocenters. The fourth-order valence-electron chi connectivity index (χ4n) is 1.30. The van der Waals surface area contributed by atoms with Crippen molar-refractivity contribution in [1.29, 1.82) is 0 Å². The summed E-state index contributed by atoms with van der Waals surface area (Å²) >= 11 is 0. The molecule has 0 saturated carbocycles. The molecule has 1 rings (SSSR count). The van der Waals surface area contributed by atoms with Crippen LogP contribution in [0.3, 0.4) is 0 Å². The Labute approximate surface area is 87.7 Å². The molecule has 0 heteroatoms. The summed E-state index contributed by atoms with van der Waals surface area (Å²) in [6, 6.07) is 0.